The topological polar surface area (TPSA) is 28.1 Å². The van der Waals surface area contributed by atoms with Crippen molar-refractivity contribution in [1.29, 1.82) is 0 Å². The lowest BCUT2D eigenvalue weighted by atomic mass is 10.2. The quantitative estimate of drug-likeness (QED) is 0.634. The van der Waals surface area contributed by atoms with Gasteiger partial charge in [0.1, 0.15) is 5.00 Å². The Labute approximate surface area is 79.7 Å². The van der Waals surface area contributed by atoms with E-state index in [0.29, 0.717) is 5.92 Å². The summed E-state index contributed by atoms with van der Waals surface area (Å²) in [6.45, 7) is 2.10. The van der Waals surface area contributed by atoms with Crippen molar-refractivity contribution in [1.82, 2.24) is 4.98 Å². The van der Waals surface area contributed by atoms with E-state index in [2.05, 4.69) is 23.0 Å². The molecule has 1 unspecified atom stereocenters. The highest BCUT2D eigenvalue weighted by Gasteiger charge is 2.05. The maximum atomic E-state index is 5.01. The van der Waals surface area contributed by atoms with Gasteiger partial charge < -0.3 is 4.98 Å². The van der Waals surface area contributed by atoms with Crippen molar-refractivity contribution in [3.63, 3.8) is 0 Å². The Morgan fingerprint density at radius 1 is 1.67 bits per heavy atom. The molecule has 0 saturated carbocycles. The Hall–Kier alpha value is -0.740. The molecule has 1 N–H and O–H groups in total. The highest BCUT2D eigenvalue weighted by Crippen LogP contribution is 2.28. The monoisotopic (exact) mass is 196 g/mol. The highest BCUT2D eigenvalue weighted by atomic mass is 32.1. The van der Waals surface area contributed by atoms with Crippen molar-refractivity contribution in [3.8, 4) is 0 Å². The smallest absolute Gasteiger partial charge is 0.160 e. The second-order valence-electron chi connectivity index (χ2n) is 2.73. The number of nitrogens with one attached hydrogen (secondary N) is 1. The van der Waals surface area contributed by atoms with E-state index in [1.165, 1.54) is 11.3 Å². The van der Waals surface area contributed by atoms with Crippen LogP contribution >= 0.6 is 23.6 Å². The van der Waals surface area contributed by atoms with Gasteiger partial charge in [0.25, 0.3) is 0 Å². The second kappa shape index (κ2) is 2.95. The van der Waals surface area contributed by atoms with E-state index in [4.69, 9.17) is 12.2 Å². The first-order chi connectivity index (χ1) is 5.75. The number of allylic oxidation sites excluding steroid dienone is 1. The second-order valence-corrected chi connectivity index (χ2v) is 4.40. The predicted octanol–water partition coefficient (Wildman–Crippen LogP) is 3.17. The highest BCUT2D eigenvalue weighted by molar-refractivity contribution is 7.73. The summed E-state index contributed by atoms with van der Waals surface area (Å²) in [6.07, 6.45) is 6.08. The molecule has 0 amide bonds. The fraction of sp³-hybridized carbons (Fsp3) is 0.250. The molecule has 62 valence electrons. The average molecular weight is 196 g/mol. The molecule has 1 aliphatic rings. The van der Waals surface area contributed by atoms with Crippen LogP contribution < -0.4 is 0 Å². The van der Waals surface area contributed by atoms with Crippen LogP contribution in [0.1, 0.15) is 12.6 Å². The third-order valence-electron chi connectivity index (χ3n) is 1.65. The minimum Gasteiger partial charge on any atom is -0.336 e. The summed E-state index contributed by atoms with van der Waals surface area (Å²) in [7, 11) is 0. The minimum atomic E-state index is 0.409. The van der Waals surface area contributed by atoms with Gasteiger partial charge in [-0.1, -0.05) is 24.3 Å². The van der Waals surface area contributed by atoms with E-state index in [1.807, 2.05) is 12.3 Å². The van der Waals surface area contributed by atoms with Gasteiger partial charge in [-0.3, -0.25) is 0 Å². The maximum Gasteiger partial charge on any atom is 0.160 e. The van der Waals surface area contributed by atoms with Crippen LogP contribution in [0.5, 0.6) is 0 Å². The Bertz CT molecular complexity index is 363. The van der Waals surface area contributed by atoms with Crippen molar-refractivity contribution in [2.75, 3.05) is 0 Å². The normalized spacial score (nSPS) is 20.6. The number of aromatic nitrogens is 1. The van der Waals surface area contributed by atoms with E-state index in [9.17, 15) is 0 Å². The summed E-state index contributed by atoms with van der Waals surface area (Å²) in [4.78, 5) is 7.41. The van der Waals surface area contributed by atoms with Gasteiger partial charge in [-0.15, -0.1) is 0 Å². The molecule has 1 atom stereocenters. The number of rotatable bonds is 0. The van der Waals surface area contributed by atoms with E-state index < -0.39 is 0 Å². The molecule has 0 spiro atoms. The molecule has 0 fully saturated rings. The van der Waals surface area contributed by atoms with Gasteiger partial charge in [-0.25, -0.2) is 4.99 Å². The van der Waals surface area contributed by atoms with Crippen molar-refractivity contribution < 1.29 is 0 Å². The van der Waals surface area contributed by atoms with Gasteiger partial charge in [-0.2, -0.15) is 0 Å². The fourth-order valence-corrected chi connectivity index (χ4v) is 2.05. The molecular weight excluding hydrogens is 188 g/mol. The first kappa shape index (κ1) is 7.89. The summed E-state index contributed by atoms with van der Waals surface area (Å²) in [6, 6.07) is 0. The van der Waals surface area contributed by atoms with Crippen LogP contribution in [0.15, 0.2) is 11.1 Å². The largest absolute Gasteiger partial charge is 0.336 e. The number of fused-ring (bicyclic) bond motifs is 1. The first-order valence-electron chi connectivity index (χ1n) is 3.71. The van der Waals surface area contributed by atoms with Crippen LogP contribution in [-0.4, -0.2) is 11.2 Å². The van der Waals surface area contributed by atoms with Crippen LogP contribution in [0.4, 0.5) is 5.00 Å². The molecule has 0 bridgehead atoms. The number of H-pyrrole nitrogens is 1. The lowest BCUT2D eigenvalue weighted by molar-refractivity contribution is 1.04. The Balaban J connectivity index is 2.56. The summed E-state index contributed by atoms with van der Waals surface area (Å²) in [5.74, 6) is 0.409. The Morgan fingerprint density at radius 3 is 3.33 bits per heavy atom. The van der Waals surface area contributed by atoms with Crippen LogP contribution in [0.25, 0.3) is 6.08 Å². The van der Waals surface area contributed by atoms with Crippen LogP contribution in [0.3, 0.4) is 0 Å². The third kappa shape index (κ3) is 1.40. The zero-order valence-corrected chi connectivity index (χ0v) is 8.21. The van der Waals surface area contributed by atoms with Gasteiger partial charge in [-0.05, 0) is 18.3 Å². The van der Waals surface area contributed by atoms with Crippen LogP contribution in [0.2, 0.25) is 0 Å². The number of nitrogens with zero attached hydrogens (tertiary/aromatic N) is 1. The van der Waals surface area contributed by atoms with E-state index >= 15 is 0 Å². The molecule has 1 aliphatic heterocycles. The molecule has 1 aromatic rings. The summed E-state index contributed by atoms with van der Waals surface area (Å²) in [5.41, 5.74) is 1.03. The molecule has 0 radical (unpaired) electrons. The lowest BCUT2D eigenvalue weighted by Gasteiger charge is -1.89. The molecule has 4 heteroatoms. The molecule has 12 heavy (non-hydrogen) atoms. The number of thiazole rings is 1. The molecule has 0 aliphatic carbocycles. The fourth-order valence-electron chi connectivity index (χ4n) is 1.02. The first-order valence-corrected chi connectivity index (χ1v) is 4.93. The third-order valence-corrected chi connectivity index (χ3v) is 2.81. The zero-order chi connectivity index (χ0) is 8.55. The molecule has 2 nitrogen and oxygen atoms in total. The van der Waals surface area contributed by atoms with Gasteiger partial charge >= 0.3 is 0 Å². The van der Waals surface area contributed by atoms with Crippen molar-refractivity contribution in [2.24, 2.45) is 10.9 Å². The number of hydrogen-bond donors (Lipinski definition) is 1. The molecule has 0 saturated heterocycles. The van der Waals surface area contributed by atoms with E-state index in [0.717, 1.165) is 14.6 Å². The molecule has 1 aromatic heterocycles. The van der Waals surface area contributed by atoms with Crippen molar-refractivity contribution in [2.45, 2.75) is 6.92 Å². The summed E-state index contributed by atoms with van der Waals surface area (Å²) in [5, 5.41) is 0.987. The van der Waals surface area contributed by atoms with E-state index in [-0.39, 0.29) is 0 Å². The summed E-state index contributed by atoms with van der Waals surface area (Å²) >= 11 is 6.53. The van der Waals surface area contributed by atoms with Gasteiger partial charge in [0.15, 0.2) is 3.95 Å². The van der Waals surface area contributed by atoms with Gasteiger partial charge in [0.2, 0.25) is 0 Å². The number of aliphatic imine (C=N–C) groups is 1. The number of aromatic amines is 1. The van der Waals surface area contributed by atoms with Crippen LogP contribution in [-0.2, 0) is 0 Å². The number of hydrogen-bond acceptors (Lipinski definition) is 3. The van der Waals surface area contributed by atoms with Gasteiger partial charge in [0, 0.05) is 12.1 Å². The van der Waals surface area contributed by atoms with Crippen LogP contribution in [0, 0.1) is 9.87 Å². The standard InChI is InChI=1S/C8H8N2S2/c1-5-2-3-6-7(9-4-5)12-8(11)10-6/h2-5H,1H3,(H,10,11). The molecular formula is C8H8N2S2. The Morgan fingerprint density at radius 2 is 2.50 bits per heavy atom. The Kier molecular flexibility index (Phi) is 1.94. The lowest BCUT2D eigenvalue weighted by Crippen LogP contribution is -1.86. The van der Waals surface area contributed by atoms with Crippen molar-refractivity contribution in [3.05, 3.63) is 15.7 Å². The predicted molar refractivity (Wildman–Crippen MR) is 55.9 cm³/mol. The minimum absolute atomic E-state index is 0.409. The van der Waals surface area contributed by atoms with E-state index in [1.54, 1.807) is 0 Å². The van der Waals surface area contributed by atoms with Gasteiger partial charge in [0.05, 0.1) is 5.69 Å². The molecule has 2 heterocycles. The average Bonchev–Trinajstić information content (AvgIpc) is 2.31. The van der Waals surface area contributed by atoms with Crippen molar-refractivity contribution >= 4 is 40.8 Å². The SMILES string of the molecule is CC1C=Cc2[nH]c(=S)sc2N=C1. The zero-order valence-electron chi connectivity index (χ0n) is 6.57. The molecule has 0 aromatic carbocycles. The summed E-state index contributed by atoms with van der Waals surface area (Å²) < 4.78 is 0.788. The molecule has 2 rings (SSSR count). The maximum absolute atomic E-state index is 5.01.